The van der Waals surface area contributed by atoms with Gasteiger partial charge in [-0.25, -0.2) is 4.98 Å². The van der Waals surface area contributed by atoms with Crippen molar-refractivity contribution in [3.05, 3.63) is 102 Å². The summed E-state index contributed by atoms with van der Waals surface area (Å²) in [5.74, 6) is -0.844. The van der Waals surface area contributed by atoms with E-state index in [0.717, 1.165) is 51.6 Å². The average Bonchev–Trinajstić information content (AvgIpc) is 3.85. The van der Waals surface area contributed by atoms with Crippen LogP contribution in [0.1, 0.15) is 51.4 Å². The summed E-state index contributed by atoms with van der Waals surface area (Å²) < 4.78 is 0. The Morgan fingerprint density at radius 2 is 1.61 bits per heavy atom. The molecular weight excluding hydrogens is 765 g/mol. The Kier molecular flexibility index (Phi) is 12.4. The van der Waals surface area contributed by atoms with Crippen LogP contribution in [0.5, 0.6) is 5.75 Å². The molecule has 4 heterocycles. The van der Waals surface area contributed by atoms with Crippen LogP contribution in [0, 0.1) is 12.3 Å². The lowest BCUT2D eigenvalue weighted by atomic mass is 9.85. The number of β-amino-alcohol motifs (C(OH)–C–C–N with tert-alkyl or cyclic N) is 1. The van der Waals surface area contributed by atoms with Crippen molar-refractivity contribution in [3.8, 4) is 38.6 Å². The van der Waals surface area contributed by atoms with E-state index in [2.05, 4.69) is 47.7 Å². The van der Waals surface area contributed by atoms with E-state index in [1.165, 1.54) is 4.90 Å². The predicted molar refractivity (Wildman–Crippen MR) is 230 cm³/mol. The number of nitrogens with zero attached hydrogens (tertiary/aromatic N) is 6. The summed E-state index contributed by atoms with van der Waals surface area (Å²) in [4.78, 5) is 52.7. The van der Waals surface area contributed by atoms with Gasteiger partial charge in [0.15, 0.2) is 0 Å². The zero-order chi connectivity index (χ0) is 41.8. The average molecular weight is 817 g/mol. The monoisotopic (exact) mass is 816 g/mol. The maximum absolute atomic E-state index is 14.2. The maximum atomic E-state index is 14.2. The number of anilines is 1. The zero-order valence-electron chi connectivity index (χ0n) is 34.1. The molecule has 2 fully saturated rings. The molecule has 3 amide bonds. The minimum Gasteiger partial charge on any atom is -0.507 e. The van der Waals surface area contributed by atoms with Gasteiger partial charge in [0.1, 0.15) is 17.8 Å². The largest absolute Gasteiger partial charge is 0.507 e. The number of thiazole rings is 1. The lowest BCUT2D eigenvalue weighted by Gasteiger charge is -2.37. The van der Waals surface area contributed by atoms with E-state index in [0.29, 0.717) is 24.3 Å². The molecule has 59 heavy (non-hydrogen) atoms. The summed E-state index contributed by atoms with van der Waals surface area (Å²) >= 11 is 1.58. The van der Waals surface area contributed by atoms with E-state index in [-0.39, 0.29) is 49.0 Å². The number of carbonyl (C=O) groups excluding carboxylic acids is 3. The number of piperazine rings is 1. The summed E-state index contributed by atoms with van der Waals surface area (Å²) in [5, 5.41) is 35.4. The third-order valence-electron chi connectivity index (χ3n) is 11.2. The van der Waals surface area contributed by atoms with Crippen LogP contribution in [0.3, 0.4) is 0 Å². The molecule has 13 nitrogen and oxygen atoms in total. The molecule has 0 bridgehead atoms. The number of amides is 3. The van der Waals surface area contributed by atoms with E-state index < -0.39 is 23.6 Å². The SMILES string of the molecule is Cc1ncsc1-c1ccc([C@H](C)NC(=O)[C@@H]2C[C@@H](O)CN2C(=O)[C@@H](NC(=O)CN2CCN(c3ccc(-c4cnnc(-c5ccccc5O)c4)cc3)CC2)C(C)(C)C)cc1. The van der Waals surface area contributed by atoms with Gasteiger partial charge in [-0.3, -0.25) is 19.3 Å². The summed E-state index contributed by atoms with van der Waals surface area (Å²) in [7, 11) is 0. The fraction of sp³-hybridized carbons (Fsp3) is 0.378. The van der Waals surface area contributed by atoms with Crippen LogP contribution in [0.2, 0.25) is 0 Å². The Morgan fingerprint density at radius 1 is 0.915 bits per heavy atom. The summed E-state index contributed by atoms with van der Waals surface area (Å²) in [5.41, 5.74) is 8.27. The second kappa shape index (κ2) is 17.7. The standard InChI is InChI=1S/C45H52N8O5S/c1-28(30-10-12-32(13-11-30)41-29(2)46-27-59-41)48-43(57)38-23-35(54)25-53(38)44(58)42(45(3,4)5)49-40(56)26-51-18-20-52(21-19-51)34-16-14-31(15-17-34)33-22-37(50-47-24-33)36-8-6-7-9-39(36)55/h6-17,22,24,27-28,35,38,42,54-55H,18-21,23,25-26H2,1-5H3,(H,48,57)(H,49,56)/t28-,35+,38-,42+/m0/s1. The van der Waals surface area contributed by atoms with Gasteiger partial charge in [0.05, 0.1) is 46.7 Å². The highest BCUT2D eigenvalue weighted by Gasteiger charge is 2.45. The molecule has 308 valence electrons. The van der Waals surface area contributed by atoms with Crippen molar-refractivity contribution in [3.63, 3.8) is 0 Å². The van der Waals surface area contributed by atoms with Crippen LogP contribution < -0.4 is 15.5 Å². The number of aliphatic hydroxyl groups excluding tert-OH is 1. The van der Waals surface area contributed by atoms with Gasteiger partial charge in [0, 0.05) is 56.0 Å². The fourth-order valence-corrected chi connectivity index (χ4v) is 8.61. The number of aliphatic hydroxyl groups is 1. The molecule has 4 atom stereocenters. The van der Waals surface area contributed by atoms with Crippen LogP contribution in [0.15, 0.2) is 90.6 Å². The van der Waals surface area contributed by atoms with Gasteiger partial charge in [-0.2, -0.15) is 10.2 Å². The van der Waals surface area contributed by atoms with E-state index in [1.807, 2.05) is 94.7 Å². The summed E-state index contributed by atoms with van der Waals surface area (Å²) in [6.45, 7) is 12.4. The number of nitrogens with one attached hydrogen (secondary N) is 2. The minimum absolute atomic E-state index is 0.0122. The van der Waals surface area contributed by atoms with Crippen LogP contribution in [0.25, 0.3) is 32.8 Å². The number of carbonyl (C=O) groups is 3. The molecule has 0 spiro atoms. The number of aromatic nitrogens is 3. The molecule has 0 radical (unpaired) electrons. The molecule has 2 aliphatic rings. The van der Waals surface area contributed by atoms with Crippen LogP contribution in [-0.2, 0) is 14.4 Å². The van der Waals surface area contributed by atoms with Gasteiger partial charge in [-0.05, 0) is 66.3 Å². The Hall–Kier alpha value is -5.70. The van der Waals surface area contributed by atoms with Gasteiger partial charge < -0.3 is 30.6 Å². The third kappa shape index (κ3) is 9.62. The second-order valence-electron chi connectivity index (χ2n) is 16.5. The van der Waals surface area contributed by atoms with Crippen molar-refractivity contribution < 1.29 is 24.6 Å². The first-order valence-corrected chi connectivity index (χ1v) is 20.9. The molecule has 2 saturated heterocycles. The first kappa shape index (κ1) is 41.5. The topological polar surface area (TPSA) is 164 Å². The van der Waals surface area contributed by atoms with Crippen LogP contribution >= 0.6 is 11.3 Å². The second-order valence-corrected chi connectivity index (χ2v) is 17.4. The number of benzene rings is 3. The summed E-state index contributed by atoms with van der Waals surface area (Å²) in [6.07, 6.45) is 0.969. The highest BCUT2D eigenvalue weighted by atomic mass is 32.1. The van der Waals surface area contributed by atoms with Crippen molar-refractivity contribution in [2.75, 3.05) is 44.2 Å². The highest BCUT2D eigenvalue weighted by Crippen LogP contribution is 2.32. The van der Waals surface area contributed by atoms with Crippen molar-refractivity contribution in [2.45, 2.75) is 65.3 Å². The number of rotatable bonds is 11. The molecule has 0 saturated carbocycles. The molecular formula is C45H52N8O5S. The number of aromatic hydroxyl groups is 1. The van der Waals surface area contributed by atoms with Crippen molar-refractivity contribution in [1.29, 1.82) is 0 Å². The van der Waals surface area contributed by atoms with Crippen LogP contribution in [-0.4, -0.2) is 110 Å². The Morgan fingerprint density at radius 3 is 2.27 bits per heavy atom. The molecule has 4 N–H and O–H groups in total. The number of para-hydroxylation sites is 1. The first-order valence-electron chi connectivity index (χ1n) is 20.0. The fourth-order valence-electron chi connectivity index (χ4n) is 7.80. The Labute approximate surface area is 349 Å². The third-order valence-corrected chi connectivity index (χ3v) is 12.2. The van der Waals surface area contributed by atoms with Crippen LogP contribution in [0.4, 0.5) is 5.69 Å². The summed E-state index contributed by atoms with van der Waals surface area (Å²) in [6, 6.07) is 23.1. The van der Waals surface area contributed by atoms with E-state index in [9.17, 15) is 24.6 Å². The molecule has 2 aromatic heterocycles. The zero-order valence-corrected chi connectivity index (χ0v) is 34.9. The quantitative estimate of drug-likeness (QED) is 0.135. The maximum Gasteiger partial charge on any atom is 0.246 e. The van der Waals surface area contributed by atoms with Gasteiger partial charge in [0.2, 0.25) is 17.7 Å². The molecule has 0 aliphatic carbocycles. The number of likely N-dealkylation sites (tertiary alicyclic amines) is 1. The van der Waals surface area contributed by atoms with Gasteiger partial charge in [-0.1, -0.05) is 69.3 Å². The molecule has 2 aliphatic heterocycles. The number of phenolic OH excluding ortho intramolecular Hbond substituents is 1. The lowest BCUT2D eigenvalue weighted by Crippen LogP contribution is -2.59. The van der Waals surface area contributed by atoms with Crippen molar-refractivity contribution >= 4 is 34.7 Å². The first-order chi connectivity index (χ1) is 28.2. The number of phenols is 1. The normalized spacial score (nSPS) is 18.3. The number of hydrogen-bond donors (Lipinski definition) is 4. The predicted octanol–water partition coefficient (Wildman–Crippen LogP) is 5.44. The molecule has 3 aromatic carbocycles. The smallest absolute Gasteiger partial charge is 0.246 e. The van der Waals surface area contributed by atoms with Crippen molar-refractivity contribution in [2.24, 2.45) is 5.41 Å². The highest BCUT2D eigenvalue weighted by molar-refractivity contribution is 7.13. The Balaban J connectivity index is 0.924. The molecule has 5 aromatic rings. The molecule has 14 heteroatoms. The van der Waals surface area contributed by atoms with Gasteiger partial charge in [0.25, 0.3) is 0 Å². The van der Waals surface area contributed by atoms with E-state index in [4.69, 9.17) is 0 Å². The number of aryl methyl sites for hydroxylation is 1. The molecule has 7 rings (SSSR count). The van der Waals surface area contributed by atoms with Gasteiger partial charge >= 0.3 is 0 Å². The Bertz CT molecular complexity index is 2270. The molecule has 0 unspecified atom stereocenters. The van der Waals surface area contributed by atoms with Crippen molar-refractivity contribution in [1.82, 2.24) is 35.6 Å². The lowest BCUT2D eigenvalue weighted by molar-refractivity contribution is -0.144. The number of hydrogen-bond acceptors (Lipinski definition) is 11. The van der Waals surface area contributed by atoms with E-state index in [1.54, 1.807) is 29.7 Å². The van der Waals surface area contributed by atoms with E-state index >= 15 is 0 Å². The minimum atomic E-state index is -0.902. The van der Waals surface area contributed by atoms with Gasteiger partial charge in [-0.15, -0.1) is 11.3 Å².